The summed E-state index contributed by atoms with van der Waals surface area (Å²) in [5, 5.41) is 17.9. The van der Waals surface area contributed by atoms with E-state index in [2.05, 4.69) is 15.1 Å². The molecule has 1 N–H and O–H groups in total. The van der Waals surface area contributed by atoms with Crippen LogP contribution in [0, 0.1) is 13.8 Å². The molecule has 2 unspecified atom stereocenters. The van der Waals surface area contributed by atoms with Gasteiger partial charge in [-0.3, -0.25) is 4.90 Å². The zero-order valence-electron chi connectivity index (χ0n) is 13.4. The number of hydrogen-bond donors (Lipinski definition) is 1. The van der Waals surface area contributed by atoms with Gasteiger partial charge in [-0.15, -0.1) is 10.2 Å². The predicted molar refractivity (Wildman–Crippen MR) is 81.2 cm³/mol. The van der Waals surface area contributed by atoms with Crippen LogP contribution in [-0.4, -0.2) is 38.9 Å². The summed E-state index contributed by atoms with van der Waals surface area (Å²) in [5.41, 5.74) is 0.859. The van der Waals surface area contributed by atoms with Gasteiger partial charge in [0.25, 0.3) is 5.89 Å². The molecule has 0 aliphatic carbocycles. The standard InChI is InChI=1S/C16H23N3O3/c1-10(20)7-13-5-4-6-19(13)9-15-17-18-16(22-15)14-8-11(2)21-12(14)3/h8,10,13,20H,4-7,9H2,1-3H3. The van der Waals surface area contributed by atoms with Gasteiger partial charge in [0.05, 0.1) is 18.2 Å². The van der Waals surface area contributed by atoms with E-state index in [1.54, 1.807) is 0 Å². The summed E-state index contributed by atoms with van der Waals surface area (Å²) in [4.78, 5) is 2.32. The minimum absolute atomic E-state index is 0.277. The topological polar surface area (TPSA) is 75.5 Å². The van der Waals surface area contributed by atoms with Crippen LogP contribution in [0.1, 0.15) is 43.6 Å². The van der Waals surface area contributed by atoms with Crippen molar-refractivity contribution in [2.45, 2.75) is 58.7 Å². The highest BCUT2D eigenvalue weighted by molar-refractivity contribution is 5.55. The molecule has 2 atom stereocenters. The Morgan fingerprint density at radius 3 is 2.86 bits per heavy atom. The van der Waals surface area contributed by atoms with E-state index in [1.165, 1.54) is 0 Å². The molecule has 120 valence electrons. The third-order valence-corrected chi connectivity index (χ3v) is 4.19. The number of rotatable bonds is 5. The molecule has 1 aliphatic rings. The van der Waals surface area contributed by atoms with Gasteiger partial charge in [-0.1, -0.05) is 0 Å². The van der Waals surface area contributed by atoms with Crippen molar-refractivity contribution >= 4 is 0 Å². The number of aliphatic hydroxyl groups is 1. The molecule has 6 nitrogen and oxygen atoms in total. The highest BCUT2D eigenvalue weighted by atomic mass is 16.4. The molecule has 1 fully saturated rings. The second-order valence-corrected chi connectivity index (χ2v) is 6.18. The highest BCUT2D eigenvalue weighted by Gasteiger charge is 2.27. The monoisotopic (exact) mass is 305 g/mol. The van der Waals surface area contributed by atoms with E-state index in [0.29, 0.717) is 24.4 Å². The number of aromatic nitrogens is 2. The first kappa shape index (κ1) is 15.2. The summed E-state index contributed by atoms with van der Waals surface area (Å²) in [6.07, 6.45) is 2.78. The third-order valence-electron chi connectivity index (χ3n) is 4.19. The predicted octanol–water partition coefficient (Wildman–Crippen LogP) is 2.68. The van der Waals surface area contributed by atoms with E-state index in [4.69, 9.17) is 8.83 Å². The maximum Gasteiger partial charge on any atom is 0.251 e. The number of aliphatic hydroxyl groups excluding tert-OH is 1. The SMILES string of the molecule is Cc1cc(-c2nnc(CN3CCCC3CC(C)O)o2)c(C)o1. The molecular formula is C16H23N3O3. The Morgan fingerprint density at radius 1 is 1.36 bits per heavy atom. The maximum absolute atomic E-state index is 9.59. The van der Waals surface area contributed by atoms with Crippen LogP contribution in [0.25, 0.3) is 11.5 Å². The Balaban J connectivity index is 1.70. The van der Waals surface area contributed by atoms with Crippen molar-refractivity contribution in [1.82, 2.24) is 15.1 Å². The van der Waals surface area contributed by atoms with Gasteiger partial charge in [0.2, 0.25) is 5.89 Å². The Morgan fingerprint density at radius 2 is 2.18 bits per heavy atom. The smallest absolute Gasteiger partial charge is 0.251 e. The summed E-state index contributed by atoms with van der Waals surface area (Å²) in [5.74, 6) is 2.76. The lowest BCUT2D eigenvalue weighted by molar-refractivity contribution is 0.126. The lowest BCUT2D eigenvalue weighted by atomic mass is 10.1. The molecule has 0 saturated carbocycles. The van der Waals surface area contributed by atoms with E-state index >= 15 is 0 Å². The van der Waals surface area contributed by atoms with Gasteiger partial charge in [0.15, 0.2) is 0 Å². The Bertz CT molecular complexity index is 632. The first-order valence-electron chi connectivity index (χ1n) is 7.85. The average Bonchev–Trinajstić information content (AvgIpc) is 3.12. The first-order valence-corrected chi connectivity index (χ1v) is 7.85. The van der Waals surface area contributed by atoms with Crippen molar-refractivity contribution in [2.75, 3.05) is 6.54 Å². The molecule has 0 aromatic carbocycles. The molecule has 0 spiro atoms. The molecule has 3 rings (SSSR count). The van der Waals surface area contributed by atoms with Crippen molar-refractivity contribution in [3.63, 3.8) is 0 Å². The van der Waals surface area contributed by atoms with Crippen molar-refractivity contribution in [3.8, 4) is 11.5 Å². The fourth-order valence-corrected chi connectivity index (χ4v) is 3.21. The van der Waals surface area contributed by atoms with Crippen LogP contribution in [0.2, 0.25) is 0 Å². The minimum atomic E-state index is -0.277. The Kier molecular flexibility index (Phi) is 4.31. The zero-order valence-corrected chi connectivity index (χ0v) is 13.4. The molecule has 1 aliphatic heterocycles. The molecule has 0 radical (unpaired) electrons. The molecular weight excluding hydrogens is 282 g/mol. The summed E-state index contributed by atoms with van der Waals surface area (Å²) >= 11 is 0. The molecule has 1 saturated heterocycles. The van der Waals surface area contributed by atoms with E-state index in [-0.39, 0.29) is 6.10 Å². The van der Waals surface area contributed by atoms with E-state index < -0.39 is 0 Å². The van der Waals surface area contributed by atoms with Gasteiger partial charge in [0.1, 0.15) is 11.5 Å². The molecule has 6 heteroatoms. The zero-order chi connectivity index (χ0) is 15.7. The fourth-order valence-electron chi connectivity index (χ4n) is 3.21. The van der Waals surface area contributed by atoms with Gasteiger partial charge in [0, 0.05) is 6.04 Å². The van der Waals surface area contributed by atoms with Gasteiger partial charge >= 0.3 is 0 Å². The van der Waals surface area contributed by atoms with Gasteiger partial charge in [-0.05, 0) is 52.6 Å². The second-order valence-electron chi connectivity index (χ2n) is 6.18. The van der Waals surface area contributed by atoms with Gasteiger partial charge in [-0.2, -0.15) is 0 Å². The second kappa shape index (κ2) is 6.22. The van der Waals surface area contributed by atoms with Crippen LogP contribution in [0.4, 0.5) is 0 Å². The van der Waals surface area contributed by atoms with Crippen LogP contribution < -0.4 is 0 Å². The van der Waals surface area contributed by atoms with Crippen LogP contribution in [0.3, 0.4) is 0 Å². The van der Waals surface area contributed by atoms with Crippen molar-refractivity contribution in [1.29, 1.82) is 0 Å². The average molecular weight is 305 g/mol. The molecule has 3 heterocycles. The van der Waals surface area contributed by atoms with E-state index in [9.17, 15) is 5.11 Å². The largest absolute Gasteiger partial charge is 0.466 e. The lowest BCUT2D eigenvalue weighted by Crippen LogP contribution is -2.31. The Labute approximate surface area is 130 Å². The van der Waals surface area contributed by atoms with Gasteiger partial charge in [-0.25, -0.2) is 0 Å². The first-order chi connectivity index (χ1) is 10.5. The molecule has 22 heavy (non-hydrogen) atoms. The summed E-state index contributed by atoms with van der Waals surface area (Å²) in [6, 6.07) is 2.31. The van der Waals surface area contributed by atoms with Crippen molar-refractivity contribution in [3.05, 3.63) is 23.5 Å². The lowest BCUT2D eigenvalue weighted by Gasteiger charge is -2.23. The van der Waals surface area contributed by atoms with Crippen molar-refractivity contribution < 1.29 is 13.9 Å². The number of furan rings is 1. The van der Waals surface area contributed by atoms with Crippen molar-refractivity contribution in [2.24, 2.45) is 0 Å². The normalized spacial score (nSPS) is 20.6. The summed E-state index contributed by atoms with van der Waals surface area (Å²) < 4.78 is 11.3. The van der Waals surface area contributed by atoms with Crippen LogP contribution >= 0.6 is 0 Å². The van der Waals surface area contributed by atoms with Crippen LogP contribution in [0.15, 0.2) is 14.9 Å². The Hall–Kier alpha value is -1.66. The maximum atomic E-state index is 9.59. The number of hydrogen-bond acceptors (Lipinski definition) is 6. The molecule has 0 bridgehead atoms. The third kappa shape index (κ3) is 3.23. The quantitative estimate of drug-likeness (QED) is 0.915. The van der Waals surface area contributed by atoms with Crippen LogP contribution in [0.5, 0.6) is 0 Å². The summed E-state index contributed by atoms with van der Waals surface area (Å²) in [6.45, 7) is 7.29. The molecule has 2 aromatic heterocycles. The minimum Gasteiger partial charge on any atom is -0.466 e. The van der Waals surface area contributed by atoms with E-state index in [1.807, 2.05) is 26.8 Å². The summed E-state index contributed by atoms with van der Waals surface area (Å²) in [7, 11) is 0. The van der Waals surface area contributed by atoms with Gasteiger partial charge < -0.3 is 13.9 Å². The number of nitrogens with zero attached hydrogens (tertiary/aromatic N) is 3. The highest BCUT2D eigenvalue weighted by Crippen LogP contribution is 2.27. The van der Waals surface area contributed by atoms with E-state index in [0.717, 1.165) is 42.9 Å². The number of aryl methyl sites for hydroxylation is 2. The van der Waals surface area contributed by atoms with Crippen LogP contribution in [-0.2, 0) is 6.54 Å². The molecule has 2 aromatic rings. The fraction of sp³-hybridized carbons (Fsp3) is 0.625. The number of likely N-dealkylation sites (tertiary alicyclic amines) is 1. The molecule has 0 amide bonds.